The molecule has 7 heteroatoms. The van der Waals surface area contributed by atoms with Crippen LogP contribution < -0.4 is 15.8 Å². The second-order valence-corrected chi connectivity index (χ2v) is 4.21. The second-order valence-electron chi connectivity index (χ2n) is 4.21. The summed E-state index contributed by atoms with van der Waals surface area (Å²) in [5, 5.41) is 2.68. The number of hydrogen-bond donors (Lipinski definition) is 2. The van der Waals surface area contributed by atoms with Crippen LogP contribution in [0.3, 0.4) is 0 Å². The topological polar surface area (TPSA) is 64.4 Å². The summed E-state index contributed by atoms with van der Waals surface area (Å²) < 4.78 is 39.6. The van der Waals surface area contributed by atoms with Gasteiger partial charge in [-0.25, -0.2) is 0 Å². The molecule has 112 valence electrons. The van der Waals surface area contributed by atoms with Gasteiger partial charge < -0.3 is 15.8 Å². The molecule has 0 fully saturated rings. The van der Waals surface area contributed by atoms with Crippen LogP contribution in [0.4, 0.5) is 13.2 Å². The lowest BCUT2D eigenvalue weighted by molar-refractivity contribution is -0.274. The number of carbonyl (C=O) groups excluding carboxylic acids is 1. The van der Waals surface area contributed by atoms with E-state index in [9.17, 15) is 18.0 Å². The van der Waals surface area contributed by atoms with Gasteiger partial charge in [-0.05, 0) is 37.1 Å². The number of amides is 1. The molecule has 0 atom stereocenters. The Balaban J connectivity index is 2.36. The van der Waals surface area contributed by atoms with E-state index in [-0.39, 0.29) is 18.2 Å². The Morgan fingerprint density at radius 1 is 1.20 bits per heavy atom. The fourth-order valence-electron chi connectivity index (χ4n) is 1.53. The molecule has 4 nitrogen and oxygen atoms in total. The number of benzene rings is 1. The third kappa shape index (κ3) is 6.98. The van der Waals surface area contributed by atoms with E-state index in [1.54, 1.807) is 0 Å². The maximum absolute atomic E-state index is 12.0. The zero-order valence-corrected chi connectivity index (χ0v) is 10.9. The molecule has 0 aromatic heterocycles. The number of hydrogen-bond acceptors (Lipinski definition) is 3. The van der Waals surface area contributed by atoms with E-state index in [0.29, 0.717) is 18.5 Å². The highest BCUT2D eigenvalue weighted by Gasteiger charge is 2.30. The van der Waals surface area contributed by atoms with Crippen LogP contribution in [0.1, 0.15) is 24.8 Å². The van der Waals surface area contributed by atoms with Gasteiger partial charge in [-0.2, -0.15) is 0 Å². The number of rotatable bonds is 7. The summed E-state index contributed by atoms with van der Waals surface area (Å²) in [6.45, 7) is 0.821. The van der Waals surface area contributed by atoms with Gasteiger partial charge >= 0.3 is 6.36 Å². The molecule has 0 aliphatic carbocycles. The zero-order chi connectivity index (χ0) is 15.0. The molecule has 0 radical (unpaired) electrons. The first-order chi connectivity index (χ1) is 9.40. The summed E-state index contributed by atoms with van der Waals surface area (Å²) in [4.78, 5) is 11.4. The van der Waals surface area contributed by atoms with Crippen LogP contribution in [0, 0.1) is 0 Å². The highest BCUT2D eigenvalue weighted by Crippen LogP contribution is 2.22. The van der Waals surface area contributed by atoms with Crippen molar-refractivity contribution in [2.24, 2.45) is 5.73 Å². The number of nitrogens with one attached hydrogen (secondary N) is 1. The van der Waals surface area contributed by atoms with Crippen molar-refractivity contribution in [3.8, 4) is 5.75 Å². The molecule has 3 N–H and O–H groups in total. The standard InChI is InChI=1S/C13H17F3N2O2/c14-13(15,16)20-11-6-4-10(5-7-11)9-18-12(19)3-1-2-8-17/h4-7H,1-3,8-9,17H2,(H,18,19). The summed E-state index contributed by atoms with van der Waals surface area (Å²) in [6, 6.07) is 5.37. The number of alkyl halides is 3. The monoisotopic (exact) mass is 290 g/mol. The molecule has 1 aromatic rings. The number of halogens is 3. The normalized spacial score (nSPS) is 11.2. The average molecular weight is 290 g/mol. The average Bonchev–Trinajstić information content (AvgIpc) is 2.36. The first kappa shape index (κ1) is 16.3. The van der Waals surface area contributed by atoms with Crippen LogP contribution in [0.15, 0.2) is 24.3 Å². The van der Waals surface area contributed by atoms with Crippen molar-refractivity contribution >= 4 is 5.91 Å². The Morgan fingerprint density at radius 3 is 2.40 bits per heavy atom. The second kappa shape index (κ2) is 7.74. The van der Waals surface area contributed by atoms with E-state index in [1.807, 2.05) is 0 Å². The molecule has 20 heavy (non-hydrogen) atoms. The molecular formula is C13H17F3N2O2. The van der Waals surface area contributed by atoms with Crippen LogP contribution in [-0.4, -0.2) is 18.8 Å². The number of unbranched alkanes of at least 4 members (excludes halogenated alkanes) is 1. The van der Waals surface area contributed by atoms with E-state index < -0.39 is 6.36 Å². The van der Waals surface area contributed by atoms with Crippen LogP contribution in [-0.2, 0) is 11.3 Å². The van der Waals surface area contributed by atoms with Crippen molar-refractivity contribution in [2.75, 3.05) is 6.54 Å². The van der Waals surface area contributed by atoms with Crippen molar-refractivity contribution < 1.29 is 22.7 Å². The highest BCUT2D eigenvalue weighted by atomic mass is 19.4. The van der Waals surface area contributed by atoms with Crippen LogP contribution >= 0.6 is 0 Å². The van der Waals surface area contributed by atoms with Gasteiger partial charge in [0.15, 0.2) is 0 Å². The van der Waals surface area contributed by atoms with Crippen molar-refractivity contribution in [1.29, 1.82) is 0 Å². The van der Waals surface area contributed by atoms with Crippen LogP contribution in [0.25, 0.3) is 0 Å². The minimum Gasteiger partial charge on any atom is -0.406 e. The van der Waals surface area contributed by atoms with Crippen molar-refractivity contribution in [3.05, 3.63) is 29.8 Å². The predicted molar refractivity (Wildman–Crippen MR) is 67.9 cm³/mol. The smallest absolute Gasteiger partial charge is 0.406 e. The maximum Gasteiger partial charge on any atom is 0.573 e. The Labute approximate surface area is 115 Å². The van der Waals surface area contributed by atoms with Gasteiger partial charge in [0.2, 0.25) is 5.91 Å². The minimum absolute atomic E-state index is 0.103. The Bertz CT molecular complexity index is 419. The lowest BCUT2D eigenvalue weighted by Crippen LogP contribution is -2.22. The quantitative estimate of drug-likeness (QED) is 0.758. The SMILES string of the molecule is NCCCCC(=O)NCc1ccc(OC(F)(F)F)cc1. The van der Waals surface area contributed by atoms with Gasteiger partial charge in [0.05, 0.1) is 0 Å². The van der Waals surface area contributed by atoms with Gasteiger partial charge in [0.25, 0.3) is 0 Å². The van der Waals surface area contributed by atoms with Crippen LogP contribution in [0.2, 0.25) is 0 Å². The summed E-state index contributed by atoms with van der Waals surface area (Å²) in [5.74, 6) is -0.385. The van der Waals surface area contributed by atoms with E-state index in [1.165, 1.54) is 24.3 Å². The van der Waals surface area contributed by atoms with Gasteiger partial charge in [-0.1, -0.05) is 12.1 Å². The number of carbonyl (C=O) groups is 1. The molecule has 0 unspecified atom stereocenters. The molecule has 0 aliphatic rings. The lowest BCUT2D eigenvalue weighted by Gasteiger charge is -2.09. The van der Waals surface area contributed by atoms with Gasteiger partial charge in [-0.3, -0.25) is 4.79 Å². The number of ether oxygens (including phenoxy) is 1. The first-order valence-electron chi connectivity index (χ1n) is 6.22. The zero-order valence-electron chi connectivity index (χ0n) is 10.9. The molecule has 0 spiro atoms. The molecule has 0 heterocycles. The van der Waals surface area contributed by atoms with E-state index >= 15 is 0 Å². The molecule has 0 saturated carbocycles. The highest BCUT2D eigenvalue weighted by molar-refractivity contribution is 5.75. The predicted octanol–water partition coefficient (Wildman–Crippen LogP) is 2.33. The van der Waals surface area contributed by atoms with Crippen molar-refractivity contribution in [1.82, 2.24) is 5.32 Å². The first-order valence-corrected chi connectivity index (χ1v) is 6.22. The minimum atomic E-state index is -4.70. The Kier molecular flexibility index (Phi) is 6.30. The van der Waals surface area contributed by atoms with Gasteiger partial charge in [-0.15, -0.1) is 13.2 Å². The summed E-state index contributed by atoms with van der Waals surface area (Å²) >= 11 is 0. The molecule has 0 bridgehead atoms. The molecule has 1 rings (SSSR count). The Morgan fingerprint density at radius 2 is 1.85 bits per heavy atom. The van der Waals surface area contributed by atoms with Gasteiger partial charge in [0.1, 0.15) is 5.75 Å². The van der Waals surface area contributed by atoms with E-state index in [0.717, 1.165) is 12.8 Å². The summed E-state index contributed by atoms with van der Waals surface area (Å²) in [5.41, 5.74) is 6.01. The van der Waals surface area contributed by atoms with E-state index in [4.69, 9.17) is 5.73 Å². The third-order valence-electron chi connectivity index (χ3n) is 2.50. The van der Waals surface area contributed by atoms with E-state index in [2.05, 4.69) is 10.1 Å². The number of nitrogens with two attached hydrogens (primary N) is 1. The Hall–Kier alpha value is -1.76. The largest absolute Gasteiger partial charge is 0.573 e. The van der Waals surface area contributed by atoms with Gasteiger partial charge in [0, 0.05) is 13.0 Å². The molecule has 0 saturated heterocycles. The fourth-order valence-corrected chi connectivity index (χ4v) is 1.53. The molecule has 0 aliphatic heterocycles. The lowest BCUT2D eigenvalue weighted by atomic mass is 10.2. The molecule has 1 amide bonds. The van der Waals surface area contributed by atoms with Crippen molar-refractivity contribution in [3.63, 3.8) is 0 Å². The third-order valence-corrected chi connectivity index (χ3v) is 2.50. The molecule has 1 aromatic carbocycles. The molecular weight excluding hydrogens is 273 g/mol. The van der Waals surface area contributed by atoms with Crippen LogP contribution in [0.5, 0.6) is 5.75 Å². The summed E-state index contributed by atoms with van der Waals surface area (Å²) in [7, 11) is 0. The summed E-state index contributed by atoms with van der Waals surface area (Å²) in [6.07, 6.45) is -2.79. The van der Waals surface area contributed by atoms with Crippen molar-refractivity contribution in [2.45, 2.75) is 32.2 Å². The maximum atomic E-state index is 12.0. The fraction of sp³-hybridized carbons (Fsp3) is 0.462.